The highest BCUT2D eigenvalue weighted by Gasteiger charge is 2.22. The van der Waals surface area contributed by atoms with Crippen molar-refractivity contribution in [1.29, 1.82) is 0 Å². The van der Waals surface area contributed by atoms with E-state index in [0.717, 1.165) is 0 Å². The summed E-state index contributed by atoms with van der Waals surface area (Å²) < 4.78 is 15.9. The van der Waals surface area contributed by atoms with Gasteiger partial charge in [-0.25, -0.2) is 4.79 Å². The molecule has 154 valence electrons. The van der Waals surface area contributed by atoms with E-state index in [1.165, 1.54) is 33.1 Å². The Morgan fingerprint density at radius 3 is 2.48 bits per heavy atom. The number of para-hydroxylation sites is 1. The first kappa shape index (κ1) is 22.2. The minimum absolute atomic E-state index is 0.110. The van der Waals surface area contributed by atoms with Crippen molar-refractivity contribution in [3.8, 4) is 11.5 Å². The molecule has 0 aliphatic carbocycles. The van der Waals surface area contributed by atoms with Gasteiger partial charge < -0.3 is 19.5 Å². The van der Waals surface area contributed by atoms with Crippen molar-refractivity contribution in [2.45, 2.75) is 26.9 Å². The zero-order valence-electron chi connectivity index (χ0n) is 16.6. The Labute approximate surface area is 173 Å². The molecule has 0 saturated carbocycles. The number of hydrogen-bond acceptors (Lipinski definition) is 6. The average Bonchev–Trinajstić information content (AvgIpc) is 2.69. The number of anilines is 1. The zero-order chi connectivity index (χ0) is 21.6. The van der Waals surface area contributed by atoms with Gasteiger partial charge in [-0.15, -0.1) is 0 Å². The normalized spacial score (nSPS) is 11.3. The lowest BCUT2D eigenvalue weighted by Gasteiger charge is -2.16. The summed E-state index contributed by atoms with van der Waals surface area (Å²) in [6, 6.07) is 9.39. The lowest BCUT2D eigenvalue weighted by molar-refractivity contribution is -0.123. The quantitative estimate of drug-likeness (QED) is 0.511. The predicted molar refractivity (Wildman–Crippen MR) is 109 cm³/mol. The molecule has 0 aliphatic rings. The first-order chi connectivity index (χ1) is 13.8. The molecule has 2 rings (SSSR count). The minimum atomic E-state index is -1.11. The number of hydrogen-bond donors (Lipinski definition) is 1. The van der Waals surface area contributed by atoms with Crippen molar-refractivity contribution in [2.24, 2.45) is 0 Å². The SMILES string of the molecule is CCOc1c(Cl)cc(C(=O)O[C@@H](C)C(=O)Nc2ccccc2C(C)=O)cc1OC. The van der Waals surface area contributed by atoms with Gasteiger partial charge in [0, 0.05) is 5.56 Å². The molecule has 7 nitrogen and oxygen atoms in total. The highest BCUT2D eigenvalue weighted by molar-refractivity contribution is 6.32. The Morgan fingerprint density at radius 2 is 1.86 bits per heavy atom. The van der Waals surface area contributed by atoms with Crippen LogP contribution in [0, 0.1) is 0 Å². The van der Waals surface area contributed by atoms with Crippen LogP contribution in [0.5, 0.6) is 11.5 Å². The minimum Gasteiger partial charge on any atom is -0.493 e. The van der Waals surface area contributed by atoms with Gasteiger partial charge in [-0.05, 0) is 45.0 Å². The smallest absolute Gasteiger partial charge is 0.339 e. The fraction of sp³-hybridized carbons (Fsp3) is 0.286. The van der Waals surface area contributed by atoms with Crippen molar-refractivity contribution in [1.82, 2.24) is 0 Å². The van der Waals surface area contributed by atoms with Crippen LogP contribution in [0.4, 0.5) is 5.69 Å². The highest BCUT2D eigenvalue weighted by Crippen LogP contribution is 2.36. The molecule has 8 heteroatoms. The summed E-state index contributed by atoms with van der Waals surface area (Å²) in [6.07, 6.45) is -1.11. The summed E-state index contributed by atoms with van der Waals surface area (Å²) in [5, 5.41) is 2.79. The number of amides is 1. The number of rotatable bonds is 8. The third kappa shape index (κ3) is 5.48. The molecule has 0 heterocycles. The molecular formula is C21H22ClNO6. The first-order valence-corrected chi connectivity index (χ1v) is 9.28. The Morgan fingerprint density at radius 1 is 1.17 bits per heavy atom. The number of halogens is 1. The molecule has 0 fully saturated rings. The molecule has 0 saturated heterocycles. The summed E-state index contributed by atoms with van der Waals surface area (Å²) >= 11 is 6.17. The van der Waals surface area contributed by atoms with Crippen molar-refractivity contribution in [3.63, 3.8) is 0 Å². The predicted octanol–water partition coefficient (Wildman–Crippen LogP) is 4.13. The summed E-state index contributed by atoms with van der Waals surface area (Å²) in [5.74, 6) is -0.924. The zero-order valence-corrected chi connectivity index (χ0v) is 17.3. The van der Waals surface area contributed by atoms with Gasteiger partial charge in [0.05, 0.1) is 30.0 Å². The van der Waals surface area contributed by atoms with Crippen LogP contribution in [0.25, 0.3) is 0 Å². The molecule has 29 heavy (non-hydrogen) atoms. The molecule has 1 atom stereocenters. The fourth-order valence-electron chi connectivity index (χ4n) is 2.54. The Bertz CT molecular complexity index is 927. The van der Waals surface area contributed by atoms with Gasteiger partial charge in [-0.3, -0.25) is 9.59 Å². The molecule has 0 unspecified atom stereocenters. The average molecular weight is 420 g/mol. The third-order valence-corrected chi connectivity index (χ3v) is 4.25. The van der Waals surface area contributed by atoms with Crippen LogP contribution in [-0.2, 0) is 9.53 Å². The molecule has 0 aromatic heterocycles. The van der Waals surface area contributed by atoms with E-state index in [4.69, 9.17) is 25.8 Å². The second-order valence-electron chi connectivity index (χ2n) is 6.06. The van der Waals surface area contributed by atoms with Crippen LogP contribution in [-0.4, -0.2) is 37.5 Å². The molecule has 1 N–H and O–H groups in total. The maximum absolute atomic E-state index is 12.5. The van der Waals surface area contributed by atoms with Crippen LogP contribution in [0.15, 0.2) is 36.4 Å². The molecule has 0 spiro atoms. The number of benzene rings is 2. The van der Waals surface area contributed by atoms with Gasteiger partial charge >= 0.3 is 5.97 Å². The van der Waals surface area contributed by atoms with Crippen molar-refractivity contribution in [3.05, 3.63) is 52.5 Å². The second kappa shape index (κ2) is 9.93. The Kier molecular flexibility index (Phi) is 7.61. The second-order valence-corrected chi connectivity index (χ2v) is 6.47. The van der Waals surface area contributed by atoms with Crippen LogP contribution in [0.3, 0.4) is 0 Å². The number of carbonyl (C=O) groups is 3. The van der Waals surface area contributed by atoms with Gasteiger partial charge in [0.25, 0.3) is 5.91 Å². The number of methoxy groups -OCH3 is 1. The van der Waals surface area contributed by atoms with E-state index in [0.29, 0.717) is 23.6 Å². The number of ether oxygens (including phenoxy) is 3. The molecule has 2 aromatic rings. The standard InChI is InChI=1S/C21H22ClNO6/c1-5-28-19-16(22)10-14(11-18(19)27-4)21(26)29-13(3)20(25)23-17-9-7-6-8-15(17)12(2)24/h6-11,13H,5H2,1-4H3,(H,23,25)/t13-/m0/s1. The lowest BCUT2D eigenvalue weighted by Crippen LogP contribution is -2.30. The van der Waals surface area contributed by atoms with E-state index in [-0.39, 0.29) is 22.1 Å². The summed E-state index contributed by atoms with van der Waals surface area (Å²) in [5.41, 5.74) is 0.820. The van der Waals surface area contributed by atoms with E-state index in [1.54, 1.807) is 31.2 Å². The Hall–Kier alpha value is -3.06. The molecule has 0 aliphatic heterocycles. The topological polar surface area (TPSA) is 90.9 Å². The van der Waals surface area contributed by atoms with Crippen LogP contribution >= 0.6 is 11.6 Å². The van der Waals surface area contributed by atoms with E-state index in [9.17, 15) is 14.4 Å². The van der Waals surface area contributed by atoms with E-state index >= 15 is 0 Å². The Balaban J connectivity index is 2.13. The molecule has 0 radical (unpaired) electrons. The number of esters is 1. The number of nitrogens with one attached hydrogen (secondary N) is 1. The van der Waals surface area contributed by atoms with Gasteiger partial charge in [0.2, 0.25) is 0 Å². The molecule has 2 aromatic carbocycles. The van der Waals surface area contributed by atoms with Crippen molar-refractivity contribution < 1.29 is 28.6 Å². The van der Waals surface area contributed by atoms with Gasteiger partial charge in [0.15, 0.2) is 23.4 Å². The van der Waals surface area contributed by atoms with Gasteiger partial charge in [-0.1, -0.05) is 23.7 Å². The van der Waals surface area contributed by atoms with Crippen molar-refractivity contribution >= 4 is 34.9 Å². The maximum atomic E-state index is 12.5. The molecule has 1 amide bonds. The van der Waals surface area contributed by atoms with Gasteiger partial charge in [-0.2, -0.15) is 0 Å². The monoisotopic (exact) mass is 419 g/mol. The van der Waals surface area contributed by atoms with E-state index in [2.05, 4.69) is 5.32 Å². The van der Waals surface area contributed by atoms with E-state index < -0.39 is 18.0 Å². The fourth-order valence-corrected chi connectivity index (χ4v) is 2.80. The highest BCUT2D eigenvalue weighted by atomic mass is 35.5. The van der Waals surface area contributed by atoms with Crippen LogP contribution in [0.1, 0.15) is 41.5 Å². The van der Waals surface area contributed by atoms with Gasteiger partial charge in [0.1, 0.15) is 0 Å². The number of carbonyl (C=O) groups excluding carboxylic acids is 3. The maximum Gasteiger partial charge on any atom is 0.339 e. The number of ketones is 1. The third-order valence-electron chi connectivity index (χ3n) is 3.97. The summed E-state index contributed by atoms with van der Waals surface area (Å²) in [6.45, 7) is 5.00. The molecule has 0 bridgehead atoms. The van der Waals surface area contributed by atoms with E-state index in [1.807, 2.05) is 0 Å². The first-order valence-electron chi connectivity index (χ1n) is 8.90. The van der Waals surface area contributed by atoms with Crippen molar-refractivity contribution in [2.75, 3.05) is 19.0 Å². The molecular weight excluding hydrogens is 398 g/mol. The summed E-state index contributed by atoms with van der Waals surface area (Å²) in [4.78, 5) is 36.6. The van der Waals surface area contributed by atoms with Crippen LogP contribution < -0.4 is 14.8 Å². The summed E-state index contributed by atoms with van der Waals surface area (Å²) in [7, 11) is 1.42. The van der Waals surface area contributed by atoms with Crippen LogP contribution in [0.2, 0.25) is 5.02 Å². The number of Topliss-reactive ketones (excluding diaryl/α,β-unsaturated/α-hetero) is 1. The largest absolute Gasteiger partial charge is 0.493 e. The lowest BCUT2D eigenvalue weighted by atomic mass is 10.1.